The molecule has 0 saturated heterocycles. The van der Waals surface area contributed by atoms with Crippen LogP contribution in [0, 0.1) is 0 Å². The minimum Gasteiger partial charge on any atom is -0.322 e. The van der Waals surface area contributed by atoms with Crippen molar-refractivity contribution in [3.63, 3.8) is 0 Å². The topological polar surface area (TPSA) is 38.0 Å². The average molecular weight is 191 g/mol. The molecule has 4 heteroatoms. The number of rotatable bonds is 2. The Bertz CT molecular complexity index is 250. The van der Waals surface area contributed by atoms with Crippen molar-refractivity contribution in [3.8, 4) is 0 Å². The molecular formula is C7H8Cl2N2. The third-order valence-electron chi connectivity index (χ3n) is 1.39. The van der Waals surface area contributed by atoms with Gasteiger partial charge in [0.15, 0.2) is 0 Å². The molecule has 0 bridgehead atoms. The van der Waals surface area contributed by atoms with E-state index in [0.29, 0.717) is 16.6 Å². The summed E-state index contributed by atoms with van der Waals surface area (Å²) in [5.41, 5.74) is 4.10. The Labute approximate surface area is 75.3 Å². The van der Waals surface area contributed by atoms with Gasteiger partial charge in [0.05, 0.1) is 10.7 Å². The minimum atomic E-state index is 0.403. The van der Waals surface area contributed by atoms with Crippen molar-refractivity contribution < 1.29 is 0 Å². The molecule has 0 heterocycles. The number of anilines is 1. The van der Waals surface area contributed by atoms with Gasteiger partial charge in [-0.3, -0.25) is 5.84 Å². The van der Waals surface area contributed by atoms with Crippen LogP contribution in [0.5, 0.6) is 0 Å². The molecule has 0 aliphatic rings. The smallest absolute Gasteiger partial charge is 0.0716 e. The molecular weight excluding hydrogens is 183 g/mol. The molecule has 1 rings (SSSR count). The Morgan fingerprint density at radius 1 is 1.45 bits per heavy atom. The van der Waals surface area contributed by atoms with Crippen molar-refractivity contribution in [1.29, 1.82) is 0 Å². The molecule has 0 fully saturated rings. The summed E-state index contributed by atoms with van der Waals surface area (Å²) >= 11 is 11.4. The lowest BCUT2D eigenvalue weighted by molar-refractivity contribution is 1.29. The number of halogens is 2. The Morgan fingerprint density at radius 2 is 2.18 bits per heavy atom. The summed E-state index contributed by atoms with van der Waals surface area (Å²) in [6.07, 6.45) is 0. The number of nitrogens with one attached hydrogen (secondary N) is 1. The van der Waals surface area contributed by atoms with E-state index in [9.17, 15) is 0 Å². The number of nitrogens with two attached hydrogens (primary N) is 1. The van der Waals surface area contributed by atoms with Crippen LogP contribution >= 0.6 is 23.2 Å². The monoisotopic (exact) mass is 190 g/mol. The molecule has 2 nitrogen and oxygen atoms in total. The zero-order chi connectivity index (χ0) is 8.27. The van der Waals surface area contributed by atoms with Crippen LogP contribution in [0.1, 0.15) is 5.56 Å². The summed E-state index contributed by atoms with van der Waals surface area (Å²) in [4.78, 5) is 0. The van der Waals surface area contributed by atoms with Crippen LogP contribution in [0.2, 0.25) is 5.02 Å². The lowest BCUT2D eigenvalue weighted by atomic mass is 10.2. The van der Waals surface area contributed by atoms with Gasteiger partial charge in [-0.05, 0) is 11.6 Å². The van der Waals surface area contributed by atoms with Crippen LogP contribution in [0.15, 0.2) is 18.2 Å². The maximum atomic E-state index is 5.81. The van der Waals surface area contributed by atoms with Crippen molar-refractivity contribution in [2.45, 2.75) is 5.88 Å². The van der Waals surface area contributed by atoms with Gasteiger partial charge in [-0.25, -0.2) is 0 Å². The summed E-state index contributed by atoms with van der Waals surface area (Å²) in [5.74, 6) is 5.64. The average Bonchev–Trinajstić information content (AvgIpc) is 2.04. The Morgan fingerprint density at radius 3 is 2.64 bits per heavy atom. The normalized spacial score (nSPS) is 9.73. The number of hydrazine groups is 1. The number of para-hydroxylation sites is 1. The van der Waals surface area contributed by atoms with E-state index in [4.69, 9.17) is 29.0 Å². The van der Waals surface area contributed by atoms with E-state index in [1.807, 2.05) is 12.1 Å². The summed E-state index contributed by atoms with van der Waals surface area (Å²) in [7, 11) is 0. The Hall–Kier alpha value is -0.440. The van der Waals surface area contributed by atoms with Gasteiger partial charge in [-0.1, -0.05) is 23.7 Å². The second-order valence-electron chi connectivity index (χ2n) is 2.05. The van der Waals surface area contributed by atoms with Gasteiger partial charge in [0.25, 0.3) is 0 Å². The lowest BCUT2D eigenvalue weighted by Gasteiger charge is -2.06. The van der Waals surface area contributed by atoms with Gasteiger partial charge in [-0.2, -0.15) is 0 Å². The third kappa shape index (κ3) is 1.77. The predicted molar refractivity (Wildman–Crippen MR) is 48.8 cm³/mol. The molecule has 0 radical (unpaired) electrons. The number of alkyl halides is 1. The first kappa shape index (κ1) is 8.65. The number of nitrogen functional groups attached to an aromatic ring is 1. The van der Waals surface area contributed by atoms with E-state index >= 15 is 0 Å². The van der Waals surface area contributed by atoms with Crippen LogP contribution in [0.4, 0.5) is 5.69 Å². The zero-order valence-corrected chi connectivity index (χ0v) is 7.28. The highest BCUT2D eigenvalue weighted by Crippen LogP contribution is 2.25. The maximum absolute atomic E-state index is 5.81. The largest absolute Gasteiger partial charge is 0.322 e. The van der Waals surface area contributed by atoms with E-state index < -0.39 is 0 Å². The van der Waals surface area contributed by atoms with E-state index in [0.717, 1.165) is 5.56 Å². The van der Waals surface area contributed by atoms with Crippen molar-refractivity contribution in [2.75, 3.05) is 5.43 Å². The van der Waals surface area contributed by atoms with Crippen molar-refractivity contribution in [2.24, 2.45) is 5.84 Å². The maximum Gasteiger partial charge on any atom is 0.0716 e. The molecule has 0 aromatic heterocycles. The first-order chi connectivity index (χ1) is 5.29. The molecule has 1 aromatic rings. The van der Waals surface area contributed by atoms with Gasteiger partial charge >= 0.3 is 0 Å². The highest BCUT2D eigenvalue weighted by Gasteiger charge is 2.02. The van der Waals surface area contributed by atoms with Crippen molar-refractivity contribution in [1.82, 2.24) is 0 Å². The van der Waals surface area contributed by atoms with Gasteiger partial charge in [0, 0.05) is 5.88 Å². The number of hydrogen-bond acceptors (Lipinski definition) is 2. The van der Waals surface area contributed by atoms with Crippen LogP contribution in [0.25, 0.3) is 0 Å². The second-order valence-corrected chi connectivity index (χ2v) is 2.73. The van der Waals surface area contributed by atoms with Crippen LogP contribution in [0.3, 0.4) is 0 Å². The molecule has 60 valence electrons. The van der Waals surface area contributed by atoms with Crippen LogP contribution in [-0.2, 0) is 5.88 Å². The molecule has 0 aliphatic heterocycles. The SMILES string of the molecule is NNc1c(Cl)cccc1CCl. The fraction of sp³-hybridized carbons (Fsp3) is 0.143. The van der Waals surface area contributed by atoms with Crippen LogP contribution in [-0.4, -0.2) is 0 Å². The highest BCUT2D eigenvalue weighted by molar-refractivity contribution is 6.33. The molecule has 0 saturated carbocycles. The molecule has 0 aliphatic carbocycles. The summed E-state index contributed by atoms with van der Waals surface area (Å²) in [6, 6.07) is 5.46. The molecule has 1 aromatic carbocycles. The second kappa shape index (κ2) is 3.81. The number of benzene rings is 1. The van der Waals surface area contributed by atoms with Crippen molar-refractivity contribution >= 4 is 28.9 Å². The first-order valence-corrected chi connectivity index (χ1v) is 4.00. The molecule has 3 N–H and O–H groups in total. The van der Waals surface area contributed by atoms with Crippen LogP contribution < -0.4 is 11.3 Å². The predicted octanol–water partition coefficient (Wildman–Crippen LogP) is 2.36. The van der Waals surface area contributed by atoms with E-state index in [1.165, 1.54) is 0 Å². The van der Waals surface area contributed by atoms with Gasteiger partial charge in [0.2, 0.25) is 0 Å². The quantitative estimate of drug-likeness (QED) is 0.427. The van der Waals surface area contributed by atoms with Gasteiger partial charge in [0.1, 0.15) is 0 Å². The third-order valence-corrected chi connectivity index (χ3v) is 1.99. The lowest BCUT2D eigenvalue weighted by Crippen LogP contribution is -2.09. The van der Waals surface area contributed by atoms with Gasteiger partial charge in [-0.15, -0.1) is 11.6 Å². The number of hydrogen-bond donors (Lipinski definition) is 2. The van der Waals surface area contributed by atoms with E-state index in [-0.39, 0.29) is 0 Å². The Balaban J connectivity index is 3.13. The van der Waals surface area contributed by atoms with Crippen molar-refractivity contribution in [3.05, 3.63) is 28.8 Å². The summed E-state index contributed by atoms with van der Waals surface area (Å²) in [6.45, 7) is 0. The highest BCUT2D eigenvalue weighted by atomic mass is 35.5. The molecule has 0 spiro atoms. The fourth-order valence-corrected chi connectivity index (χ4v) is 1.31. The summed E-state index contributed by atoms with van der Waals surface area (Å²) < 4.78 is 0. The molecule has 11 heavy (non-hydrogen) atoms. The Kier molecular flexibility index (Phi) is 3.00. The minimum absolute atomic E-state index is 0.403. The standard InChI is InChI=1S/C7H8Cl2N2/c8-4-5-2-1-3-6(9)7(5)11-10/h1-3,11H,4,10H2. The first-order valence-electron chi connectivity index (χ1n) is 3.09. The van der Waals surface area contributed by atoms with E-state index in [1.54, 1.807) is 6.07 Å². The zero-order valence-electron chi connectivity index (χ0n) is 5.77. The molecule has 0 atom stereocenters. The van der Waals surface area contributed by atoms with E-state index in [2.05, 4.69) is 5.43 Å². The summed E-state index contributed by atoms with van der Waals surface area (Å²) in [5, 5.41) is 0.589. The molecule has 0 unspecified atom stereocenters. The van der Waals surface area contributed by atoms with Gasteiger partial charge < -0.3 is 5.43 Å². The fourth-order valence-electron chi connectivity index (χ4n) is 0.842. The molecule has 0 amide bonds.